The second-order valence-corrected chi connectivity index (χ2v) is 13.7. The molecule has 1 N–H and O–H groups in total. The van der Waals surface area contributed by atoms with Gasteiger partial charge in [0.1, 0.15) is 0 Å². The maximum atomic E-state index is 13.0. The van der Waals surface area contributed by atoms with Crippen molar-refractivity contribution in [3.8, 4) is 0 Å². The first-order valence-electron chi connectivity index (χ1n) is 11.4. The Morgan fingerprint density at radius 1 is 1.03 bits per heavy atom. The number of nitrogens with zero attached hydrogens (tertiary/aromatic N) is 1. The standard InChI is InChI=1S/C22H32N2O5S2/c1-29-22(18-11-16-10-17(13-18)14-19(22)12-16)15-23-31(27,28)21-6-4-20(5-7-21)24-8-2-3-9-30(24,25)26/h4-7,16-19,23H,2-3,8-15H2,1H3. The van der Waals surface area contributed by atoms with Gasteiger partial charge in [0.15, 0.2) is 0 Å². The third kappa shape index (κ3) is 3.71. The van der Waals surface area contributed by atoms with Crippen LogP contribution in [0.25, 0.3) is 0 Å². The van der Waals surface area contributed by atoms with Crippen LogP contribution >= 0.6 is 0 Å². The molecule has 1 aromatic rings. The normalized spacial score (nSPS) is 36.6. The molecular formula is C22H32N2O5S2. The van der Waals surface area contributed by atoms with Gasteiger partial charge in [0.25, 0.3) is 0 Å². The van der Waals surface area contributed by atoms with E-state index in [0.717, 1.165) is 43.9 Å². The number of ether oxygens (including phenoxy) is 1. The minimum absolute atomic E-state index is 0.137. The summed E-state index contributed by atoms with van der Waals surface area (Å²) in [6.45, 7) is 0.733. The zero-order valence-electron chi connectivity index (χ0n) is 18.0. The number of methoxy groups -OCH3 is 1. The van der Waals surface area contributed by atoms with Gasteiger partial charge >= 0.3 is 0 Å². The lowest BCUT2D eigenvalue weighted by atomic mass is 9.50. The van der Waals surface area contributed by atoms with E-state index in [-0.39, 0.29) is 10.6 Å². The summed E-state index contributed by atoms with van der Waals surface area (Å²) >= 11 is 0. The maximum Gasteiger partial charge on any atom is 0.240 e. The highest BCUT2D eigenvalue weighted by atomic mass is 32.2. The summed E-state index contributed by atoms with van der Waals surface area (Å²) in [5, 5.41) is 0. The molecule has 0 aromatic heterocycles. The largest absolute Gasteiger partial charge is 0.376 e. The average Bonchev–Trinajstić information content (AvgIpc) is 2.73. The minimum Gasteiger partial charge on any atom is -0.376 e. The Bertz CT molecular complexity index is 1010. The number of hydrogen-bond donors (Lipinski definition) is 1. The smallest absolute Gasteiger partial charge is 0.240 e. The molecule has 6 rings (SSSR count). The van der Waals surface area contributed by atoms with Crippen molar-refractivity contribution < 1.29 is 21.6 Å². The average molecular weight is 469 g/mol. The summed E-state index contributed by atoms with van der Waals surface area (Å²) in [5.41, 5.74) is 0.107. The number of anilines is 1. The van der Waals surface area contributed by atoms with Gasteiger partial charge in [0.2, 0.25) is 20.0 Å². The first-order valence-corrected chi connectivity index (χ1v) is 14.5. The van der Waals surface area contributed by atoms with Crippen molar-refractivity contribution in [3.63, 3.8) is 0 Å². The van der Waals surface area contributed by atoms with E-state index < -0.39 is 25.6 Å². The third-order valence-corrected chi connectivity index (χ3v) is 11.5. The predicted molar refractivity (Wildman–Crippen MR) is 119 cm³/mol. The van der Waals surface area contributed by atoms with Gasteiger partial charge in [-0.25, -0.2) is 21.6 Å². The third-order valence-electron chi connectivity index (χ3n) is 8.22. The van der Waals surface area contributed by atoms with Crippen molar-refractivity contribution in [3.05, 3.63) is 24.3 Å². The highest BCUT2D eigenvalue weighted by Crippen LogP contribution is 2.59. The van der Waals surface area contributed by atoms with Gasteiger partial charge in [0.05, 0.1) is 21.9 Å². The minimum atomic E-state index is -3.72. The summed E-state index contributed by atoms with van der Waals surface area (Å²) in [6.07, 6.45) is 7.37. The van der Waals surface area contributed by atoms with Gasteiger partial charge in [-0.1, -0.05) is 0 Å². The Balaban J connectivity index is 1.32. The topological polar surface area (TPSA) is 92.8 Å². The Morgan fingerprint density at radius 3 is 2.19 bits per heavy atom. The molecule has 0 unspecified atom stereocenters. The fraction of sp³-hybridized carbons (Fsp3) is 0.727. The fourth-order valence-corrected chi connectivity index (χ4v) is 9.55. The van der Waals surface area contributed by atoms with E-state index in [2.05, 4.69) is 4.72 Å². The molecular weight excluding hydrogens is 436 g/mol. The number of sulfonamides is 2. The van der Waals surface area contributed by atoms with Crippen LogP contribution in [0.4, 0.5) is 5.69 Å². The van der Waals surface area contributed by atoms with E-state index in [1.807, 2.05) is 0 Å². The summed E-state index contributed by atoms with van der Waals surface area (Å²) < 4.78 is 61.0. The molecule has 4 saturated carbocycles. The van der Waals surface area contributed by atoms with Gasteiger partial charge in [-0.3, -0.25) is 4.31 Å². The van der Waals surface area contributed by atoms with Crippen molar-refractivity contribution in [2.24, 2.45) is 23.7 Å². The highest BCUT2D eigenvalue weighted by molar-refractivity contribution is 7.92. The van der Waals surface area contributed by atoms with Crippen LogP contribution in [0.15, 0.2) is 29.2 Å². The molecule has 0 radical (unpaired) electrons. The molecule has 9 heteroatoms. The number of benzene rings is 1. The molecule has 0 spiro atoms. The van der Waals surface area contributed by atoms with Crippen LogP contribution in [0.2, 0.25) is 0 Å². The zero-order valence-corrected chi connectivity index (χ0v) is 19.6. The lowest BCUT2D eigenvalue weighted by Crippen LogP contribution is -2.63. The Morgan fingerprint density at radius 2 is 1.65 bits per heavy atom. The van der Waals surface area contributed by atoms with Crippen LogP contribution < -0.4 is 9.03 Å². The Labute approximate surface area is 185 Å². The second-order valence-electron chi connectivity index (χ2n) is 9.88. The van der Waals surface area contributed by atoms with E-state index in [1.54, 1.807) is 19.2 Å². The molecule has 31 heavy (non-hydrogen) atoms. The van der Waals surface area contributed by atoms with E-state index in [0.29, 0.717) is 37.0 Å². The zero-order chi connectivity index (χ0) is 21.9. The quantitative estimate of drug-likeness (QED) is 0.693. The summed E-state index contributed by atoms with van der Waals surface area (Å²) in [4.78, 5) is 0.153. The SMILES string of the molecule is COC1(CNS(=O)(=O)c2ccc(N3CCCCS3(=O)=O)cc2)C2CC3CC(C2)CC1C3. The van der Waals surface area contributed by atoms with Gasteiger partial charge < -0.3 is 4.74 Å². The lowest BCUT2D eigenvalue weighted by molar-refractivity contribution is -0.185. The molecule has 1 aromatic carbocycles. The Kier molecular flexibility index (Phi) is 5.39. The molecule has 0 amide bonds. The van der Waals surface area contributed by atoms with E-state index in [4.69, 9.17) is 4.74 Å². The first-order chi connectivity index (χ1) is 14.7. The predicted octanol–water partition coefficient (Wildman–Crippen LogP) is 2.74. The van der Waals surface area contributed by atoms with Crippen LogP contribution in [-0.2, 0) is 24.8 Å². The monoisotopic (exact) mass is 468 g/mol. The number of hydrogen-bond acceptors (Lipinski definition) is 5. The van der Waals surface area contributed by atoms with Gasteiger partial charge in [0, 0.05) is 20.2 Å². The molecule has 5 fully saturated rings. The van der Waals surface area contributed by atoms with Crippen molar-refractivity contribution >= 4 is 25.7 Å². The molecule has 1 heterocycles. The fourth-order valence-electron chi connectivity index (χ4n) is 6.84. The van der Waals surface area contributed by atoms with Crippen molar-refractivity contribution in [1.29, 1.82) is 0 Å². The van der Waals surface area contributed by atoms with E-state index >= 15 is 0 Å². The van der Waals surface area contributed by atoms with E-state index in [1.165, 1.54) is 22.9 Å². The maximum absolute atomic E-state index is 13.0. The number of rotatable bonds is 6. The highest BCUT2D eigenvalue weighted by Gasteiger charge is 2.57. The van der Waals surface area contributed by atoms with Crippen molar-refractivity contribution in [1.82, 2.24) is 4.72 Å². The van der Waals surface area contributed by atoms with Crippen molar-refractivity contribution in [2.75, 3.05) is 30.3 Å². The van der Waals surface area contributed by atoms with Crippen LogP contribution in [0.1, 0.15) is 44.9 Å². The molecule has 1 saturated heterocycles. The Hall–Kier alpha value is -1.16. The molecule has 5 aliphatic rings. The second kappa shape index (κ2) is 7.71. The molecule has 1 aliphatic heterocycles. The first kappa shape index (κ1) is 21.7. The molecule has 4 aliphatic carbocycles. The van der Waals surface area contributed by atoms with Gasteiger partial charge in [-0.2, -0.15) is 0 Å². The van der Waals surface area contributed by atoms with E-state index in [9.17, 15) is 16.8 Å². The van der Waals surface area contributed by atoms with Crippen molar-refractivity contribution in [2.45, 2.75) is 55.4 Å². The van der Waals surface area contributed by atoms with Crippen LogP contribution in [0.3, 0.4) is 0 Å². The molecule has 172 valence electrons. The summed E-state index contributed by atoms with van der Waals surface area (Å²) in [5.74, 6) is 2.53. The van der Waals surface area contributed by atoms with Crippen LogP contribution in [0.5, 0.6) is 0 Å². The molecule has 4 bridgehead atoms. The van der Waals surface area contributed by atoms with Gasteiger partial charge in [-0.05, 0) is 92.9 Å². The van der Waals surface area contributed by atoms with Crippen LogP contribution in [0, 0.1) is 23.7 Å². The number of nitrogens with one attached hydrogen (secondary N) is 1. The summed E-state index contributed by atoms with van der Waals surface area (Å²) in [7, 11) is -5.31. The van der Waals surface area contributed by atoms with Crippen LogP contribution in [-0.4, -0.2) is 48.4 Å². The molecule has 0 atom stereocenters. The summed E-state index contributed by atoms with van der Waals surface area (Å²) in [6, 6.07) is 6.18. The molecule has 7 nitrogen and oxygen atoms in total. The van der Waals surface area contributed by atoms with Gasteiger partial charge in [-0.15, -0.1) is 0 Å². The lowest BCUT2D eigenvalue weighted by Gasteiger charge is -2.60.